The fraction of sp³-hybridized carbons (Fsp3) is 0.357. The van der Waals surface area contributed by atoms with Gasteiger partial charge < -0.3 is 15.3 Å². The van der Waals surface area contributed by atoms with E-state index in [0.29, 0.717) is 62.3 Å². The molecule has 0 saturated carbocycles. The Labute approximate surface area is 238 Å². The molecule has 2 N–H and O–H groups in total. The number of hydrogen-bond donors (Lipinski definition) is 2. The molecule has 2 heterocycles. The number of halogens is 2. The Morgan fingerprint density at radius 3 is 2.70 bits per heavy atom. The lowest BCUT2D eigenvalue weighted by atomic mass is 9.99. The number of amides is 2. The predicted octanol–water partition coefficient (Wildman–Crippen LogP) is 4.69. The van der Waals surface area contributed by atoms with Crippen LogP contribution in [0.4, 0.5) is 16.0 Å². The fourth-order valence-electron chi connectivity index (χ4n) is 4.46. The first kappa shape index (κ1) is 30.4. The highest BCUT2D eigenvalue weighted by Gasteiger charge is 2.30. The molecule has 0 aromatic carbocycles. The second kappa shape index (κ2) is 14.3. The number of aliphatic hydroxyl groups excluding tert-OH is 1. The van der Waals surface area contributed by atoms with Crippen LogP contribution in [0.3, 0.4) is 0 Å². The molecule has 10 nitrogen and oxygen atoms in total. The molecule has 0 aliphatic heterocycles. The molecule has 212 valence electrons. The first-order chi connectivity index (χ1) is 19.3. The Balaban J connectivity index is 2.34. The van der Waals surface area contributed by atoms with Gasteiger partial charge in [0.15, 0.2) is 11.6 Å². The van der Waals surface area contributed by atoms with Crippen molar-refractivity contribution in [2.24, 2.45) is 4.99 Å². The van der Waals surface area contributed by atoms with Gasteiger partial charge in [-0.25, -0.2) is 19.3 Å². The highest BCUT2D eigenvalue weighted by molar-refractivity contribution is 6.33. The molecule has 0 bridgehead atoms. The van der Waals surface area contributed by atoms with Crippen LogP contribution in [0.1, 0.15) is 50.1 Å². The van der Waals surface area contributed by atoms with Gasteiger partial charge in [-0.1, -0.05) is 24.6 Å². The summed E-state index contributed by atoms with van der Waals surface area (Å²) in [7, 11) is 1.59. The van der Waals surface area contributed by atoms with Gasteiger partial charge in [0.05, 0.1) is 27.5 Å². The summed E-state index contributed by atoms with van der Waals surface area (Å²) in [6, 6.07) is 1.32. The van der Waals surface area contributed by atoms with E-state index in [1.54, 1.807) is 19.2 Å². The number of pyridine rings is 1. The third-order valence-electron chi connectivity index (χ3n) is 6.40. The third kappa shape index (κ3) is 6.53. The number of amidine groups is 1. The van der Waals surface area contributed by atoms with E-state index in [2.05, 4.69) is 31.8 Å². The van der Waals surface area contributed by atoms with Crippen LogP contribution >= 0.6 is 11.6 Å². The molecule has 0 spiro atoms. The average Bonchev–Trinajstić information content (AvgIpc) is 2.95. The molecule has 0 saturated heterocycles. The number of allylic oxidation sites excluding steroid dienone is 4. The summed E-state index contributed by atoms with van der Waals surface area (Å²) in [6.45, 7) is 8.39. The maximum absolute atomic E-state index is 15.0. The first-order valence-electron chi connectivity index (χ1n) is 12.9. The van der Waals surface area contributed by atoms with Gasteiger partial charge in [0.2, 0.25) is 12.8 Å². The largest absolute Gasteiger partial charge is 0.511 e. The van der Waals surface area contributed by atoms with Crippen LogP contribution in [0, 0.1) is 0 Å². The van der Waals surface area contributed by atoms with E-state index >= 15 is 0 Å². The van der Waals surface area contributed by atoms with Crippen molar-refractivity contribution in [3.05, 3.63) is 70.8 Å². The number of nitrogens with zero attached hydrogens (tertiary/aromatic N) is 6. The minimum atomic E-state index is -0.659. The lowest BCUT2D eigenvalue weighted by molar-refractivity contribution is -0.109. The molecule has 1 atom stereocenters. The molecule has 2 amide bonds. The first-order valence-corrected chi connectivity index (χ1v) is 13.3. The number of aromatic nitrogens is 3. The van der Waals surface area contributed by atoms with E-state index in [0.717, 1.165) is 0 Å². The number of aliphatic hydroxyl groups is 1. The van der Waals surface area contributed by atoms with Crippen LogP contribution in [0.5, 0.6) is 0 Å². The molecule has 12 heteroatoms. The van der Waals surface area contributed by atoms with Crippen molar-refractivity contribution in [2.45, 2.75) is 45.6 Å². The topological polar surface area (TPSA) is 124 Å². The molecular formula is C28H33ClFN7O3. The molecule has 3 rings (SSSR count). The zero-order valence-electron chi connectivity index (χ0n) is 22.8. The summed E-state index contributed by atoms with van der Waals surface area (Å²) in [4.78, 5) is 44.8. The summed E-state index contributed by atoms with van der Waals surface area (Å²) in [5.74, 6) is -0.116. The highest BCUT2D eigenvalue weighted by Crippen LogP contribution is 2.39. The van der Waals surface area contributed by atoms with E-state index < -0.39 is 5.83 Å². The lowest BCUT2D eigenvalue weighted by Gasteiger charge is -2.33. The van der Waals surface area contributed by atoms with E-state index in [1.807, 2.05) is 18.7 Å². The van der Waals surface area contributed by atoms with Gasteiger partial charge in [0.1, 0.15) is 17.4 Å². The van der Waals surface area contributed by atoms with Crippen molar-refractivity contribution in [1.29, 1.82) is 0 Å². The smallest absolute Gasteiger partial charge is 0.221 e. The molecule has 2 aromatic heterocycles. The summed E-state index contributed by atoms with van der Waals surface area (Å²) in [6.07, 6.45) is 8.88. The quantitative estimate of drug-likeness (QED) is 0.155. The Hall–Kier alpha value is -4.12. The average molecular weight is 570 g/mol. The van der Waals surface area contributed by atoms with Gasteiger partial charge in [-0.2, -0.15) is 0 Å². The normalized spacial score (nSPS) is 14.3. The number of carbonyl (C=O) groups is 2. The number of nitrogens with one attached hydrogen (secondary N) is 1. The predicted molar refractivity (Wildman–Crippen MR) is 154 cm³/mol. The second-order valence-corrected chi connectivity index (χ2v) is 9.36. The summed E-state index contributed by atoms with van der Waals surface area (Å²) in [5.41, 5.74) is 0.737. The maximum atomic E-state index is 15.0. The molecule has 1 aliphatic carbocycles. The van der Waals surface area contributed by atoms with E-state index in [4.69, 9.17) is 11.6 Å². The van der Waals surface area contributed by atoms with Gasteiger partial charge in [0, 0.05) is 45.0 Å². The van der Waals surface area contributed by atoms with Crippen LogP contribution in [0.15, 0.2) is 53.8 Å². The number of hydrogen-bond acceptors (Lipinski definition) is 7. The Morgan fingerprint density at radius 1 is 1.32 bits per heavy atom. The van der Waals surface area contributed by atoms with Crippen molar-refractivity contribution in [3.8, 4) is 0 Å². The van der Waals surface area contributed by atoms with Crippen molar-refractivity contribution < 1.29 is 19.1 Å². The number of anilines is 2. The van der Waals surface area contributed by atoms with Crippen molar-refractivity contribution >= 4 is 47.5 Å². The number of aliphatic imine (C=N–C) groups is 1. The fourth-order valence-corrected chi connectivity index (χ4v) is 4.71. The van der Waals surface area contributed by atoms with E-state index in [9.17, 15) is 19.1 Å². The molecule has 40 heavy (non-hydrogen) atoms. The monoisotopic (exact) mass is 569 g/mol. The van der Waals surface area contributed by atoms with Crippen LogP contribution in [-0.2, 0) is 16.0 Å². The molecular weight excluding hydrogens is 537 g/mol. The molecule has 0 fully saturated rings. The van der Waals surface area contributed by atoms with E-state index in [1.165, 1.54) is 23.4 Å². The Kier molecular flexibility index (Phi) is 10.9. The molecule has 1 aliphatic rings. The number of aryl methyl sites for hydroxylation is 1. The van der Waals surface area contributed by atoms with Crippen molar-refractivity contribution in [2.75, 3.05) is 25.0 Å². The molecule has 0 radical (unpaired) electrons. The highest BCUT2D eigenvalue weighted by atomic mass is 35.5. The number of carbonyl (C=O) groups excluding carboxylic acids is 2. The minimum Gasteiger partial charge on any atom is -0.511 e. The number of rotatable bonds is 13. The SMILES string of the molecule is C=CCCN(C(=NC)c1cc(Cl)c(C2=C(O)CCC=C2F)nc1N(C=O)c1nccnc1CC)C(C)CNC=O. The summed E-state index contributed by atoms with van der Waals surface area (Å²) in [5, 5.41) is 13.3. The van der Waals surface area contributed by atoms with Gasteiger partial charge in [-0.15, -0.1) is 6.58 Å². The molecule has 2 aromatic rings. The van der Waals surface area contributed by atoms with Crippen molar-refractivity contribution in [3.63, 3.8) is 0 Å². The maximum Gasteiger partial charge on any atom is 0.221 e. The van der Waals surface area contributed by atoms with Crippen LogP contribution < -0.4 is 10.2 Å². The summed E-state index contributed by atoms with van der Waals surface area (Å²) < 4.78 is 15.0. The standard InChI is InChI=1S/C28H33ClFN7O3/c1-5-7-13-36(18(3)15-32-16-38)26(31-4)19-14-20(29)25(24-21(30)9-8-10-23(24)40)35-27(19)37(17-39)28-22(6-2)33-11-12-34-28/h5,9,11-12,14,16-18,40H,1,6-8,10,13,15H2,2-4H3,(H,32,38). The van der Waals surface area contributed by atoms with E-state index in [-0.39, 0.29) is 46.1 Å². The van der Waals surface area contributed by atoms with Crippen LogP contribution in [-0.4, -0.2) is 69.8 Å². The second-order valence-electron chi connectivity index (χ2n) is 8.95. The van der Waals surface area contributed by atoms with Crippen LogP contribution in [0.2, 0.25) is 5.02 Å². The summed E-state index contributed by atoms with van der Waals surface area (Å²) >= 11 is 6.71. The van der Waals surface area contributed by atoms with Gasteiger partial charge >= 0.3 is 0 Å². The van der Waals surface area contributed by atoms with Crippen LogP contribution in [0.25, 0.3) is 5.57 Å². The third-order valence-corrected chi connectivity index (χ3v) is 6.69. The Morgan fingerprint density at radius 2 is 2.08 bits per heavy atom. The minimum absolute atomic E-state index is 0.0241. The lowest BCUT2D eigenvalue weighted by Crippen LogP contribution is -2.45. The van der Waals surface area contributed by atoms with Crippen molar-refractivity contribution in [1.82, 2.24) is 25.2 Å². The zero-order chi connectivity index (χ0) is 29.2. The molecule has 1 unspecified atom stereocenters. The Bertz CT molecular complexity index is 1350. The van der Waals surface area contributed by atoms with Gasteiger partial charge in [-0.05, 0) is 38.3 Å². The zero-order valence-corrected chi connectivity index (χ0v) is 23.5. The van der Waals surface area contributed by atoms with Gasteiger partial charge in [0.25, 0.3) is 0 Å². The van der Waals surface area contributed by atoms with Gasteiger partial charge in [-0.3, -0.25) is 19.6 Å².